The summed E-state index contributed by atoms with van der Waals surface area (Å²) in [7, 11) is 1.89. The maximum Gasteiger partial charge on any atom is 0.224 e. The Hall–Kier alpha value is -2.77. The number of carbonyl (C=O) groups excluding carboxylic acids is 1. The zero-order valence-corrected chi connectivity index (χ0v) is 15.6. The monoisotopic (exact) mass is 347 g/mol. The Bertz CT molecular complexity index is 832. The van der Waals surface area contributed by atoms with E-state index < -0.39 is 0 Å². The first-order valence-corrected chi connectivity index (χ1v) is 8.96. The molecule has 0 spiro atoms. The minimum absolute atomic E-state index is 0.0918. The van der Waals surface area contributed by atoms with E-state index in [4.69, 9.17) is 0 Å². The molecule has 26 heavy (non-hydrogen) atoms. The molecule has 1 N–H and O–H groups in total. The summed E-state index contributed by atoms with van der Waals surface area (Å²) < 4.78 is 0. The van der Waals surface area contributed by atoms with Crippen molar-refractivity contribution in [2.75, 3.05) is 29.9 Å². The molecule has 0 aliphatic carbocycles. The Morgan fingerprint density at radius 1 is 1.15 bits per heavy atom. The van der Waals surface area contributed by atoms with Gasteiger partial charge >= 0.3 is 0 Å². The highest BCUT2D eigenvalue weighted by Crippen LogP contribution is 2.36. The second-order valence-corrected chi connectivity index (χ2v) is 6.64. The number of hydrogen-bond donors (Lipinski definition) is 1. The fourth-order valence-corrected chi connectivity index (χ4v) is 3.45. The largest absolute Gasteiger partial charge is 0.363 e. The maximum absolute atomic E-state index is 12.1. The molecule has 0 unspecified atom stereocenters. The number of benzene rings is 2. The van der Waals surface area contributed by atoms with E-state index in [1.165, 1.54) is 5.56 Å². The number of carbonyl (C=O) groups is 1. The number of nitrogens with one attached hydrogen (secondary N) is 1. The van der Waals surface area contributed by atoms with Crippen molar-refractivity contribution in [1.82, 2.24) is 5.32 Å². The summed E-state index contributed by atoms with van der Waals surface area (Å²) >= 11 is 0. The number of rotatable bonds is 3. The van der Waals surface area contributed by atoms with Crippen LogP contribution in [-0.4, -0.2) is 32.1 Å². The van der Waals surface area contributed by atoms with Crippen LogP contribution in [0, 0.1) is 11.8 Å². The van der Waals surface area contributed by atoms with Gasteiger partial charge in [0, 0.05) is 25.6 Å². The number of anilines is 2. The molecular weight excluding hydrogens is 322 g/mol. The molecule has 2 aromatic rings. The van der Waals surface area contributed by atoms with Crippen molar-refractivity contribution in [2.45, 2.75) is 26.4 Å². The second kappa shape index (κ2) is 8.07. The van der Waals surface area contributed by atoms with Gasteiger partial charge in [-0.2, -0.15) is 0 Å². The molecule has 0 radical (unpaired) electrons. The van der Waals surface area contributed by atoms with Gasteiger partial charge in [0.1, 0.15) is 0 Å². The van der Waals surface area contributed by atoms with E-state index in [2.05, 4.69) is 59.3 Å². The molecule has 0 saturated heterocycles. The zero-order chi connectivity index (χ0) is 18.5. The molecule has 0 aromatic heterocycles. The maximum atomic E-state index is 12.1. The minimum atomic E-state index is 0.0918. The van der Waals surface area contributed by atoms with E-state index in [9.17, 15) is 4.79 Å². The van der Waals surface area contributed by atoms with Crippen LogP contribution in [-0.2, 0) is 11.3 Å². The van der Waals surface area contributed by atoms with Gasteiger partial charge in [-0.3, -0.25) is 4.79 Å². The summed E-state index contributed by atoms with van der Waals surface area (Å²) in [4.78, 5) is 16.3. The van der Waals surface area contributed by atoms with E-state index in [0.29, 0.717) is 6.54 Å². The highest BCUT2D eigenvalue weighted by Gasteiger charge is 2.30. The van der Waals surface area contributed by atoms with Gasteiger partial charge in [0.2, 0.25) is 5.91 Å². The van der Waals surface area contributed by atoms with Crippen molar-refractivity contribution in [3.05, 3.63) is 59.7 Å². The van der Waals surface area contributed by atoms with Gasteiger partial charge in [0.25, 0.3) is 0 Å². The Morgan fingerprint density at radius 2 is 1.85 bits per heavy atom. The minimum Gasteiger partial charge on any atom is -0.363 e. The molecule has 4 nitrogen and oxygen atoms in total. The standard InChI is InChI=1S/C22H25N3O/c1-17-15-24(21-8-4-5-9-22(21)25(17)18(2)26)16-20-12-10-19(11-13-20)7-6-14-23-3/h4-5,8-13,17,23H,14-16H2,1-3H3/t17-/m0/s1. The molecule has 2 aromatic carbocycles. The Morgan fingerprint density at radius 3 is 2.50 bits per heavy atom. The van der Waals surface area contributed by atoms with Gasteiger partial charge in [-0.25, -0.2) is 0 Å². The number of para-hydroxylation sites is 2. The normalized spacial score (nSPS) is 15.9. The lowest BCUT2D eigenvalue weighted by Gasteiger charge is -2.41. The van der Waals surface area contributed by atoms with Gasteiger partial charge in [-0.15, -0.1) is 0 Å². The first-order valence-electron chi connectivity index (χ1n) is 8.96. The van der Waals surface area contributed by atoms with Crippen LogP contribution in [0.3, 0.4) is 0 Å². The van der Waals surface area contributed by atoms with E-state index in [1.807, 2.05) is 30.1 Å². The van der Waals surface area contributed by atoms with E-state index in [-0.39, 0.29) is 11.9 Å². The van der Waals surface area contributed by atoms with Crippen LogP contribution in [0.15, 0.2) is 48.5 Å². The summed E-state index contributed by atoms with van der Waals surface area (Å²) in [6, 6.07) is 16.7. The molecule has 134 valence electrons. The molecule has 1 aliphatic heterocycles. The lowest BCUT2D eigenvalue weighted by Crippen LogP contribution is -2.49. The number of fused-ring (bicyclic) bond motifs is 1. The molecule has 1 heterocycles. The average Bonchev–Trinajstić information content (AvgIpc) is 2.63. The van der Waals surface area contributed by atoms with Crippen LogP contribution < -0.4 is 15.1 Å². The van der Waals surface area contributed by atoms with E-state index >= 15 is 0 Å². The van der Waals surface area contributed by atoms with Crippen molar-refractivity contribution >= 4 is 17.3 Å². The summed E-state index contributed by atoms with van der Waals surface area (Å²) in [5, 5.41) is 3.02. The van der Waals surface area contributed by atoms with Crippen LogP contribution in [0.1, 0.15) is 25.0 Å². The van der Waals surface area contributed by atoms with Crippen molar-refractivity contribution in [3.8, 4) is 11.8 Å². The van der Waals surface area contributed by atoms with Crippen LogP contribution in [0.2, 0.25) is 0 Å². The molecule has 1 atom stereocenters. The first-order chi connectivity index (χ1) is 12.6. The van der Waals surface area contributed by atoms with Crippen molar-refractivity contribution in [1.29, 1.82) is 0 Å². The molecule has 0 fully saturated rings. The van der Waals surface area contributed by atoms with Crippen molar-refractivity contribution < 1.29 is 4.79 Å². The predicted octanol–water partition coefficient (Wildman–Crippen LogP) is 3.02. The molecule has 4 heteroatoms. The van der Waals surface area contributed by atoms with Crippen LogP contribution in [0.4, 0.5) is 11.4 Å². The third-order valence-corrected chi connectivity index (χ3v) is 4.57. The third kappa shape index (κ3) is 3.89. The SMILES string of the molecule is CNCC#Cc1ccc(CN2C[C@H](C)N(C(C)=O)c3ccccc32)cc1. The van der Waals surface area contributed by atoms with Crippen LogP contribution in [0.25, 0.3) is 0 Å². The summed E-state index contributed by atoms with van der Waals surface area (Å²) in [6.45, 7) is 6.07. The smallest absolute Gasteiger partial charge is 0.224 e. The molecule has 1 amide bonds. The lowest BCUT2D eigenvalue weighted by atomic mass is 10.1. The number of amides is 1. The quantitative estimate of drug-likeness (QED) is 0.867. The molecular formula is C22H25N3O. The Kier molecular flexibility index (Phi) is 5.60. The Labute approximate surface area is 155 Å². The summed E-state index contributed by atoms with van der Waals surface area (Å²) in [5.41, 5.74) is 4.37. The van der Waals surface area contributed by atoms with E-state index in [1.54, 1.807) is 6.92 Å². The number of nitrogens with zero attached hydrogens (tertiary/aromatic N) is 2. The zero-order valence-electron chi connectivity index (χ0n) is 15.6. The van der Waals surface area contributed by atoms with Gasteiger partial charge in [0.05, 0.1) is 24.0 Å². The summed E-state index contributed by atoms with van der Waals surface area (Å²) in [5.74, 6) is 6.32. The van der Waals surface area contributed by atoms with Crippen LogP contribution in [0.5, 0.6) is 0 Å². The van der Waals surface area contributed by atoms with Gasteiger partial charge in [0.15, 0.2) is 0 Å². The highest BCUT2D eigenvalue weighted by atomic mass is 16.2. The Balaban J connectivity index is 1.81. The van der Waals surface area contributed by atoms with Crippen molar-refractivity contribution in [3.63, 3.8) is 0 Å². The van der Waals surface area contributed by atoms with Gasteiger partial charge in [-0.1, -0.05) is 36.1 Å². The van der Waals surface area contributed by atoms with Gasteiger partial charge in [-0.05, 0) is 43.8 Å². The fourth-order valence-electron chi connectivity index (χ4n) is 3.45. The molecule has 3 rings (SSSR count). The number of hydrogen-bond acceptors (Lipinski definition) is 3. The first kappa shape index (κ1) is 18.0. The predicted molar refractivity (Wildman–Crippen MR) is 107 cm³/mol. The van der Waals surface area contributed by atoms with Gasteiger partial charge < -0.3 is 15.1 Å². The lowest BCUT2D eigenvalue weighted by molar-refractivity contribution is -0.117. The summed E-state index contributed by atoms with van der Waals surface area (Å²) in [6.07, 6.45) is 0. The van der Waals surface area contributed by atoms with E-state index in [0.717, 1.165) is 30.0 Å². The topological polar surface area (TPSA) is 35.6 Å². The molecule has 0 saturated carbocycles. The highest BCUT2D eigenvalue weighted by molar-refractivity contribution is 5.97. The third-order valence-electron chi connectivity index (χ3n) is 4.57. The fraction of sp³-hybridized carbons (Fsp3) is 0.318. The van der Waals surface area contributed by atoms with Crippen LogP contribution >= 0.6 is 0 Å². The van der Waals surface area contributed by atoms with Crippen molar-refractivity contribution in [2.24, 2.45) is 0 Å². The molecule has 0 bridgehead atoms. The average molecular weight is 347 g/mol. The molecule has 1 aliphatic rings. The second-order valence-electron chi connectivity index (χ2n) is 6.64.